The number of amides is 1. The number of aliphatic carboxylic acids is 1. The predicted octanol–water partition coefficient (Wildman–Crippen LogP) is 2.26. The van der Waals surface area contributed by atoms with Gasteiger partial charge in [-0.1, -0.05) is 17.7 Å². The van der Waals surface area contributed by atoms with Gasteiger partial charge < -0.3 is 15.2 Å². The molecule has 0 radical (unpaired) electrons. The van der Waals surface area contributed by atoms with E-state index in [1.54, 1.807) is 18.2 Å². The Morgan fingerprint density at radius 1 is 1.43 bits per heavy atom. The van der Waals surface area contributed by atoms with Gasteiger partial charge in [0.25, 0.3) is 0 Å². The minimum absolute atomic E-state index is 0.0768. The largest absolute Gasteiger partial charge is 0.496 e. The lowest BCUT2D eigenvalue weighted by atomic mass is 10.1. The third-order valence-corrected chi connectivity index (χ3v) is 4.13. The van der Waals surface area contributed by atoms with E-state index in [-0.39, 0.29) is 24.3 Å². The van der Waals surface area contributed by atoms with Crippen LogP contribution in [0.1, 0.15) is 24.8 Å². The zero-order chi connectivity index (χ0) is 15.4. The van der Waals surface area contributed by atoms with Gasteiger partial charge in [-0.2, -0.15) is 0 Å². The lowest BCUT2D eigenvalue weighted by Gasteiger charge is -2.14. The molecule has 0 aromatic heterocycles. The molecular weight excluding hydrogens is 294 g/mol. The number of rotatable bonds is 5. The number of benzene rings is 1. The molecule has 0 bridgehead atoms. The van der Waals surface area contributed by atoms with Crippen molar-refractivity contribution in [3.05, 3.63) is 28.8 Å². The van der Waals surface area contributed by atoms with Crippen LogP contribution >= 0.6 is 11.6 Å². The molecule has 1 aliphatic carbocycles. The first-order valence-corrected chi connectivity index (χ1v) is 7.22. The zero-order valence-corrected chi connectivity index (χ0v) is 12.5. The number of hydrogen-bond acceptors (Lipinski definition) is 3. The molecule has 114 valence electrons. The molecule has 1 aromatic carbocycles. The Morgan fingerprint density at radius 3 is 2.81 bits per heavy atom. The molecular formula is C15H18ClNO4. The van der Waals surface area contributed by atoms with Gasteiger partial charge in [-0.25, -0.2) is 0 Å². The Balaban J connectivity index is 1.95. The molecule has 1 aromatic rings. The van der Waals surface area contributed by atoms with Crippen molar-refractivity contribution in [2.24, 2.45) is 5.92 Å². The lowest BCUT2D eigenvalue weighted by Crippen LogP contribution is -2.34. The van der Waals surface area contributed by atoms with Crippen molar-refractivity contribution in [1.82, 2.24) is 5.32 Å². The minimum atomic E-state index is -0.792. The van der Waals surface area contributed by atoms with Gasteiger partial charge in [0.1, 0.15) is 5.75 Å². The number of ether oxygens (including phenoxy) is 1. The molecule has 0 saturated heterocycles. The first kappa shape index (κ1) is 15.6. The third kappa shape index (κ3) is 3.88. The van der Waals surface area contributed by atoms with Crippen LogP contribution in [0.15, 0.2) is 18.2 Å². The SMILES string of the molecule is COc1cccc(Cl)c1CC(=O)N[C@@H]1CC[C@H](C(=O)O)C1. The van der Waals surface area contributed by atoms with Crippen LogP contribution in [-0.4, -0.2) is 30.1 Å². The maximum Gasteiger partial charge on any atom is 0.306 e. The average Bonchev–Trinajstić information content (AvgIpc) is 2.89. The molecule has 6 heteroatoms. The fourth-order valence-corrected chi connectivity index (χ4v) is 2.91. The van der Waals surface area contributed by atoms with Crippen molar-refractivity contribution in [3.63, 3.8) is 0 Å². The van der Waals surface area contributed by atoms with Crippen LogP contribution in [0.4, 0.5) is 0 Å². The Morgan fingerprint density at radius 2 is 2.19 bits per heavy atom. The van der Waals surface area contributed by atoms with Crippen molar-refractivity contribution in [3.8, 4) is 5.75 Å². The van der Waals surface area contributed by atoms with E-state index < -0.39 is 5.97 Å². The second-order valence-electron chi connectivity index (χ2n) is 5.21. The molecule has 21 heavy (non-hydrogen) atoms. The van der Waals surface area contributed by atoms with Crippen molar-refractivity contribution in [2.45, 2.75) is 31.7 Å². The summed E-state index contributed by atoms with van der Waals surface area (Å²) in [5, 5.41) is 12.3. The van der Waals surface area contributed by atoms with Crippen LogP contribution in [-0.2, 0) is 16.0 Å². The summed E-state index contributed by atoms with van der Waals surface area (Å²) in [7, 11) is 1.53. The molecule has 1 fully saturated rings. The quantitative estimate of drug-likeness (QED) is 0.874. The standard InChI is InChI=1S/C15H18ClNO4/c1-21-13-4-2-3-12(16)11(13)8-14(18)17-10-6-5-9(7-10)15(19)20/h2-4,9-10H,5-8H2,1H3,(H,17,18)(H,19,20)/t9-,10+/m0/s1. The number of carbonyl (C=O) groups excluding carboxylic acids is 1. The van der Waals surface area contributed by atoms with Gasteiger partial charge in [0.15, 0.2) is 0 Å². The predicted molar refractivity (Wildman–Crippen MR) is 78.6 cm³/mol. The van der Waals surface area contributed by atoms with Gasteiger partial charge in [0.2, 0.25) is 5.91 Å². The summed E-state index contributed by atoms with van der Waals surface area (Å²) < 4.78 is 5.20. The van der Waals surface area contributed by atoms with Crippen molar-refractivity contribution in [2.75, 3.05) is 7.11 Å². The topological polar surface area (TPSA) is 75.6 Å². The number of methoxy groups -OCH3 is 1. The highest BCUT2D eigenvalue weighted by Gasteiger charge is 2.30. The third-order valence-electron chi connectivity index (χ3n) is 3.78. The van der Waals surface area contributed by atoms with Crippen molar-refractivity contribution >= 4 is 23.5 Å². The summed E-state index contributed by atoms with van der Waals surface area (Å²) in [5.74, 6) is -0.741. The molecule has 0 unspecified atom stereocenters. The minimum Gasteiger partial charge on any atom is -0.496 e. The molecule has 5 nitrogen and oxygen atoms in total. The summed E-state index contributed by atoms with van der Waals surface area (Å²) in [5.41, 5.74) is 0.645. The fourth-order valence-electron chi connectivity index (χ4n) is 2.68. The van der Waals surface area contributed by atoms with Crippen LogP contribution in [0.2, 0.25) is 5.02 Å². The van der Waals surface area contributed by atoms with Crippen LogP contribution in [0.3, 0.4) is 0 Å². The maximum absolute atomic E-state index is 12.1. The molecule has 0 aliphatic heterocycles. The van der Waals surface area contributed by atoms with E-state index >= 15 is 0 Å². The van der Waals surface area contributed by atoms with Gasteiger partial charge in [-0.3, -0.25) is 9.59 Å². The number of carboxylic acids is 1. The van der Waals surface area contributed by atoms with Gasteiger partial charge in [-0.05, 0) is 31.4 Å². The Kier molecular flexibility index (Phi) is 5.07. The van der Waals surface area contributed by atoms with Crippen molar-refractivity contribution < 1.29 is 19.4 Å². The molecule has 1 amide bonds. The molecule has 2 N–H and O–H groups in total. The number of nitrogens with one attached hydrogen (secondary N) is 1. The number of carboxylic acid groups (broad SMARTS) is 1. The van der Waals surface area contributed by atoms with Gasteiger partial charge >= 0.3 is 5.97 Å². The van der Waals surface area contributed by atoms with E-state index in [0.29, 0.717) is 35.6 Å². The molecule has 0 spiro atoms. The summed E-state index contributed by atoms with van der Waals surface area (Å²) in [4.78, 5) is 23.0. The Labute approximate surface area is 128 Å². The maximum atomic E-state index is 12.1. The van der Waals surface area contributed by atoms with E-state index in [1.807, 2.05) is 0 Å². The second-order valence-corrected chi connectivity index (χ2v) is 5.62. The fraction of sp³-hybridized carbons (Fsp3) is 0.467. The van der Waals surface area contributed by atoms with E-state index in [9.17, 15) is 9.59 Å². The van der Waals surface area contributed by atoms with Gasteiger partial charge in [0, 0.05) is 16.6 Å². The highest BCUT2D eigenvalue weighted by molar-refractivity contribution is 6.31. The molecule has 2 rings (SSSR count). The Bertz CT molecular complexity index is 546. The highest BCUT2D eigenvalue weighted by Crippen LogP contribution is 2.28. The molecule has 1 saturated carbocycles. The number of hydrogen-bond donors (Lipinski definition) is 2. The second kappa shape index (κ2) is 6.80. The normalized spacial score (nSPS) is 21.0. The molecule has 2 atom stereocenters. The summed E-state index contributed by atoms with van der Waals surface area (Å²) in [6, 6.07) is 5.15. The monoisotopic (exact) mass is 311 g/mol. The lowest BCUT2D eigenvalue weighted by molar-refractivity contribution is -0.141. The van der Waals surface area contributed by atoms with Gasteiger partial charge in [0.05, 0.1) is 19.4 Å². The Hall–Kier alpha value is -1.75. The van der Waals surface area contributed by atoms with Crippen LogP contribution in [0.25, 0.3) is 0 Å². The summed E-state index contributed by atoms with van der Waals surface area (Å²) in [6.07, 6.45) is 1.91. The average molecular weight is 312 g/mol. The highest BCUT2D eigenvalue weighted by atomic mass is 35.5. The van der Waals surface area contributed by atoms with E-state index in [1.165, 1.54) is 7.11 Å². The van der Waals surface area contributed by atoms with E-state index in [4.69, 9.17) is 21.4 Å². The van der Waals surface area contributed by atoms with Gasteiger partial charge in [-0.15, -0.1) is 0 Å². The van der Waals surface area contributed by atoms with Crippen molar-refractivity contribution in [1.29, 1.82) is 0 Å². The van der Waals surface area contributed by atoms with Crippen LogP contribution in [0, 0.1) is 5.92 Å². The smallest absolute Gasteiger partial charge is 0.306 e. The zero-order valence-electron chi connectivity index (χ0n) is 11.8. The number of halogens is 1. The van der Waals surface area contributed by atoms with E-state index in [2.05, 4.69) is 5.32 Å². The van der Waals surface area contributed by atoms with Crippen LogP contribution in [0.5, 0.6) is 5.75 Å². The molecule has 1 aliphatic rings. The summed E-state index contributed by atoms with van der Waals surface area (Å²) >= 11 is 6.10. The molecule has 0 heterocycles. The van der Waals surface area contributed by atoms with E-state index in [0.717, 1.165) is 0 Å². The number of carbonyl (C=O) groups is 2. The first-order valence-electron chi connectivity index (χ1n) is 6.84. The summed E-state index contributed by atoms with van der Waals surface area (Å²) in [6.45, 7) is 0. The van der Waals surface area contributed by atoms with Crippen LogP contribution < -0.4 is 10.1 Å². The first-order chi connectivity index (χ1) is 10.0.